The minimum Gasteiger partial charge on any atom is -0.496 e. The Morgan fingerprint density at radius 2 is 1.63 bits per heavy atom. The summed E-state index contributed by atoms with van der Waals surface area (Å²) in [5.74, 6) is -0.0844. The van der Waals surface area contributed by atoms with E-state index in [0.29, 0.717) is 24.2 Å². The van der Waals surface area contributed by atoms with Gasteiger partial charge in [-0.3, -0.25) is 9.59 Å². The number of aliphatic hydroxyl groups is 1. The Morgan fingerprint density at radius 1 is 0.947 bits per heavy atom. The molecule has 0 fully saturated rings. The number of benzene rings is 3. The molecule has 4 aromatic rings. The number of fused-ring (bicyclic) bond motifs is 1. The van der Waals surface area contributed by atoms with Gasteiger partial charge < -0.3 is 30.6 Å². The quantitative estimate of drug-likeness (QED) is 0.202. The number of aromatic amines is 1. The molecule has 4 rings (SSSR count). The van der Waals surface area contributed by atoms with Gasteiger partial charge in [0.1, 0.15) is 18.1 Å². The molecule has 0 saturated heterocycles. The van der Waals surface area contributed by atoms with Gasteiger partial charge in [0.2, 0.25) is 5.91 Å². The van der Waals surface area contributed by atoms with E-state index in [1.54, 1.807) is 31.4 Å². The third-order valence-corrected chi connectivity index (χ3v) is 6.62. The average Bonchev–Trinajstić information content (AvgIpc) is 3.36. The molecule has 0 aliphatic carbocycles. The topological polar surface area (TPSA) is 127 Å². The van der Waals surface area contributed by atoms with Crippen LogP contribution in [0.4, 0.5) is 0 Å². The zero-order valence-corrected chi connectivity index (χ0v) is 21.4. The molecule has 8 nitrogen and oxygen atoms in total. The highest BCUT2D eigenvalue weighted by molar-refractivity contribution is 5.87. The zero-order chi connectivity index (χ0) is 26.9. The normalized spacial score (nSPS) is 12.6. The van der Waals surface area contributed by atoms with Crippen LogP contribution in [0.5, 0.6) is 11.5 Å². The van der Waals surface area contributed by atoms with Crippen LogP contribution in [0.2, 0.25) is 0 Å². The molecule has 1 heterocycles. The zero-order valence-electron chi connectivity index (χ0n) is 21.4. The first-order valence-corrected chi connectivity index (χ1v) is 12.6. The molecule has 0 aliphatic rings. The van der Waals surface area contributed by atoms with E-state index in [1.165, 1.54) is 0 Å². The highest BCUT2D eigenvalue weighted by atomic mass is 16.5. The van der Waals surface area contributed by atoms with E-state index in [9.17, 15) is 14.7 Å². The van der Waals surface area contributed by atoms with Crippen LogP contribution in [0.15, 0.2) is 79.0 Å². The van der Waals surface area contributed by atoms with Crippen LogP contribution in [0.1, 0.15) is 23.1 Å². The molecule has 1 amide bonds. The number of hydrogen-bond acceptors (Lipinski definition) is 6. The Balaban J connectivity index is 1.47. The lowest BCUT2D eigenvalue weighted by atomic mass is 9.92. The summed E-state index contributed by atoms with van der Waals surface area (Å²) in [6.07, 6.45) is 1.94. The van der Waals surface area contributed by atoms with Crippen molar-refractivity contribution in [3.05, 3.63) is 95.7 Å². The van der Waals surface area contributed by atoms with Gasteiger partial charge in [0, 0.05) is 29.1 Å². The number of amides is 1. The van der Waals surface area contributed by atoms with Crippen LogP contribution in [0.3, 0.4) is 0 Å². The van der Waals surface area contributed by atoms with Crippen LogP contribution in [0, 0.1) is 5.92 Å². The molecule has 0 radical (unpaired) electrons. The number of Topliss-reactive ketones (excluding diaryl/α,β-unsaturated/α-hetero) is 1. The first kappa shape index (κ1) is 26.9. The number of rotatable bonds is 13. The number of ketones is 1. The van der Waals surface area contributed by atoms with Crippen LogP contribution in [-0.4, -0.2) is 41.7 Å². The molecule has 0 saturated carbocycles. The van der Waals surface area contributed by atoms with Crippen molar-refractivity contribution in [1.29, 1.82) is 0 Å². The Bertz CT molecular complexity index is 1380. The maximum atomic E-state index is 13.4. The fourth-order valence-electron chi connectivity index (χ4n) is 4.53. The molecule has 0 bridgehead atoms. The molecule has 1 aromatic heterocycles. The summed E-state index contributed by atoms with van der Waals surface area (Å²) < 4.78 is 11.1. The second-order valence-corrected chi connectivity index (χ2v) is 9.10. The second-order valence-electron chi connectivity index (χ2n) is 9.10. The molecule has 2 atom stereocenters. The average molecular weight is 516 g/mol. The molecule has 198 valence electrons. The number of ether oxygens (including phenoxy) is 2. The smallest absolute Gasteiger partial charge is 0.221 e. The molecule has 38 heavy (non-hydrogen) atoms. The number of aryl methyl sites for hydroxylation is 1. The number of nitrogens with one attached hydrogen (secondary N) is 2. The van der Waals surface area contributed by atoms with Gasteiger partial charge in [0.15, 0.2) is 5.78 Å². The number of aliphatic hydroxyl groups excluding tert-OH is 1. The summed E-state index contributed by atoms with van der Waals surface area (Å²) in [6, 6.07) is 22.3. The largest absolute Gasteiger partial charge is 0.496 e. The van der Waals surface area contributed by atoms with Crippen molar-refractivity contribution in [2.45, 2.75) is 32.0 Å². The molecule has 3 aromatic carbocycles. The SMILES string of the molecule is COc1ccccc1CCC(=O)NC(N)C(Cc1c[nH]c2ccccc12)C(=O)COc1ccccc1CO. The molecule has 0 aliphatic heterocycles. The number of para-hydroxylation sites is 3. The first-order valence-electron chi connectivity index (χ1n) is 12.6. The van der Waals surface area contributed by atoms with E-state index in [0.717, 1.165) is 27.8 Å². The predicted octanol–water partition coefficient (Wildman–Crippen LogP) is 3.51. The molecular formula is C30H33N3O5. The van der Waals surface area contributed by atoms with Gasteiger partial charge in [0.25, 0.3) is 0 Å². The first-order chi connectivity index (χ1) is 18.5. The maximum absolute atomic E-state index is 13.4. The van der Waals surface area contributed by atoms with E-state index in [1.807, 2.05) is 54.7 Å². The number of hydrogen-bond donors (Lipinski definition) is 4. The lowest BCUT2D eigenvalue weighted by molar-refractivity contribution is -0.127. The molecule has 0 spiro atoms. The molecular weight excluding hydrogens is 482 g/mol. The minimum absolute atomic E-state index is 0.197. The third kappa shape index (κ3) is 6.59. The molecule has 2 unspecified atom stereocenters. The van der Waals surface area contributed by atoms with Gasteiger partial charge in [-0.15, -0.1) is 0 Å². The van der Waals surface area contributed by atoms with Crippen LogP contribution in [0.25, 0.3) is 10.9 Å². The van der Waals surface area contributed by atoms with Crippen LogP contribution in [-0.2, 0) is 29.0 Å². The van der Waals surface area contributed by atoms with Crippen LogP contribution >= 0.6 is 0 Å². The minimum atomic E-state index is -0.919. The second kappa shape index (κ2) is 12.9. The lowest BCUT2D eigenvalue weighted by Crippen LogP contribution is -2.51. The van der Waals surface area contributed by atoms with Crippen molar-refractivity contribution in [2.75, 3.05) is 13.7 Å². The monoisotopic (exact) mass is 515 g/mol. The van der Waals surface area contributed by atoms with Gasteiger partial charge in [-0.1, -0.05) is 54.6 Å². The number of carbonyl (C=O) groups excluding carboxylic acids is 2. The summed E-state index contributed by atoms with van der Waals surface area (Å²) in [5, 5.41) is 13.4. The number of aromatic nitrogens is 1. The Kier molecular flexibility index (Phi) is 9.13. The number of carbonyl (C=O) groups is 2. The lowest BCUT2D eigenvalue weighted by Gasteiger charge is -2.24. The van der Waals surface area contributed by atoms with Crippen molar-refractivity contribution in [3.8, 4) is 11.5 Å². The highest BCUT2D eigenvalue weighted by Gasteiger charge is 2.29. The van der Waals surface area contributed by atoms with Crippen molar-refractivity contribution in [1.82, 2.24) is 10.3 Å². The Morgan fingerprint density at radius 3 is 2.39 bits per heavy atom. The van der Waals surface area contributed by atoms with Gasteiger partial charge in [-0.25, -0.2) is 0 Å². The van der Waals surface area contributed by atoms with Gasteiger partial charge in [0.05, 0.1) is 25.8 Å². The third-order valence-electron chi connectivity index (χ3n) is 6.62. The Hall–Kier alpha value is -4.14. The summed E-state index contributed by atoms with van der Waals surface area (Å²) >= 11 is 0. The van der Waals surface area contributed by atoms with Gasteiger partial charge in [-0.05, 0) is 42.2 Å². The van der Waals surface area contributed by atoms with Crippen molar-refractivity contribution in [2.24, 2.45) is 11.7 Å². The van der Waals surface area contributed by atoms with Gasteiger partial charge >= 0.3 is 0 Å². The predicted molar refractivity (Wildman–Crippen MR) is 146 cm³/mol. The summed E-state index contributed by atoms with van der Waals surface area (Å²) in [5.41, 5.74) is 9.83. The van der Waals surface area contributed by atoms with E-state index in [4.69, 9.17) is 15.2 Å². The summed E-state index contributed by atoms with van der Waals surface area (Å²) in [6.45, 7) is -0.445. The Labute approximate surface area is 221 Å². The molecule has 8 heteroatoms. The van der Waals surface area contributed by atoms with E-state index >= 15 is 0 Å². The summed E-state index contributed by atoms with van der Waals surface area (Å²) in [7, 11) is 1.59. The van der Waals surface area contributed by atoms with Crippen LogP contribution < -0.4 is 20.5 Å². The number of H-pyrrole nitrogens is 1. The highest BCUT2D eigenvalue weighted by Crippen LogP contribution is 2.24. The van der Waals surface area contributed by atoms with Crippen molar-refractivity contribution in [3.63, 3.8) is 0 Å². The maximum Gasteiger partial charge on any atom is 0.221 e. The fraction of sp³-hybridized carbons (Fsp3) is 0.267. The van der Waals surface area contributed by atoms with E-state index in [2.05, 4.69) is 10.3 Å². The van der Waals surface area contributed by atoms with Crippen molar-refractivity contribution >= 4 is 22.6 Å². The summed E-state index contributed by atoms with van der Waals surface area (Å²) in [4.78, 5) is 29.5. The van der Waals surface area contributed by atoms with E-state index in [-0.39, 0.29) is 31.3 Å². The fourth-order valence-corrected chi connectivity index (χ4v) is 4.53. The number of nitrogens with two attached hydrogens (primary N) is 1. The van der Waals surface area contributed by atoms with E-state index < -0.39 is 12.1 Å². The number of methoxy groups -OCH3 is 1. The van der Waals surface area contributed by atoms with Crippen molar-refractivity contribution < 1.29 is 24.2 Å². The molecule has 5 N–H and O–H groups in total. The van der Waals surface area contributed by atoms with Gasteiger partial charge in [-0.2, -0.15) is 0 Å². The standard InChI is InChI=1S/C30H33N3O5/c1-37-27-12-6-2-8-20(27)14-15-29(36)33-30(31)24(16-22-17-32-25-11-5-4-10-23(22)25)26(35)19-38-28-13-7-3-9-21(28)18-34/h2-13,17,24,30,32,34H,14-16,18-19,31H2,1H3,(H,33,36).